The molecule has 3 atom stereocenters. The van der Waals surface area contributed by atoms with Crippen molar-refractivity contribution in [2.45, 2.75) is 38.4 Å². The standard InChI is InChI=1S/C19H22N4O4/c1-10-7-20-9-14(10)21-8-11-2-3-12-13(6-11)19(27)23(18(12)26)15-4-5-16(24)22-17(15)25/h2-3,6,10,14-15,20-21H,4-5,7-9H2,1H3,(H,22,24,25)/t10-,14-,15?/m0/s1. The summed E-state index contributed by atoms with van der Waals surface area (Å²) in [6.45, 7) is 4.67. The summed E-state index contributed by atoms with van der Waals surface area (Å²) in [7, 11) is 0. The fourth-order valence-corrected chi connectivity index (χ4v) is 3.96. The molecular formula is C19H22N4O4. The third-order valence-corrected chi connectivity index (χ3v) is 5.59. The molecule has 27 heavy (non-hydrogen) atoms. The highest BCUT2D eigenvalue weighted by molar-refractivity contribution is 6.23. The summed E-state index contributed by atoms with van der Waals surface area (Å²) in [5, 5.41) is 9.01. The molecule has 4 rings (SSSR count). The van der Waals surface area contributed by atoms with Crippen molar-refractivity contribution < 1.29 is 19.2 Å². The summed E-state index contributed by atoms with van der Waals surface area (Å²) in [4.78, 5) is 49.9. The summed E-state index contributed by atoms with van der Waals surface area (Å²) >= 11 is 0. The van der Waals surface area contributed by atoms with Gasteiger partial charge in [-0.15, -0.1) is 0 Å². The van der Waals surface area contributed by atoms with Crippen LogP contribution in [0.2, 0.25) is 0 Å². The summed E-state index contributed by atoms with van der Waals surface area (Å²) in [5.74, 6) is -1.38. The quantitative estimate of drug-likeness (QED) is 0.633. The van der Waals surface area contributed by atoms with Gasteiger partial charge in [-0.3, -0.25) is 29.4 Å². The number of nitrogens with one attached hydrogen (secondary N) is 3. The molecule has 8 nitrogen and oxygen atoms in total. The molecule has 4 amide bonds. The average Bonchev–Trinajstić information content (AvgIpc) is 3.15. The molecule has 1 unspecified atom stereocenters. The highest BCUT2D eigenvalue weighted by Crippen LogP contribution is 2.28. The van der Waals surface area contributed by atoms with Crippen LogP contribution in [-0.4, -0.2) is 53.7 Å². The molecule has 0 saturated carbocycles. The zero-order chi connectivity index (χ0) is 19.1. The number of benzene rings is 1. The van der Waals surface area contributed by atoms with E-state index >= 15 is 0 Å². The number of fused-ring (bicyclic) bond motifs is 1. The number of carbonyl (C=O) groups excluding carboxylic acids is 4. The normalized spacial score (nSPS) is 27.9. The van der Waals surface area contributed by atoms with Gasteiger partial charge in [0, 0.05) is 25.6 Å². The fraction of sp³-hybridized carbons (Fsp3) is 0.474. The second-order valence-electron chi connectivity index (χ2n) is 7.45. The summed E-state index contributed by atoms with van der Waals surface area (Å²) in [6, 6.07) is 4.64. The number of nitrogens with zero attached hydrogens (tertiary/aromatic N) is 1. The van der Waals surface area contributed by atoms with Crippen LogP contribution in [0.1, 0.15) is 46.0 Å². The van der Waals surface area contributed by atoms with E-state index in [2.05, 4.69) is 22.9 Å². The average molecular weight is 370 g/mol. The van der Waals surface area contributed by atoms with E-state index in [4.69, 9.17) is 0 Å². The molecule has 8 heteroatoms. The number of hydrogen-bond acceptors (Lipinski definition) is 6. The van der Waals surface area contributed by atoms with E-state index < -0.39 is 23.8 Å². The predicted octanol–water partition coefficient (Wildman–Crippen LogP) is -0.215. The Morgan fingerprint density at radius 1 is 1.11 bits per heavy atom. The lowest BCUT2D eigenvalue weighted by Crippen LogP contribution is -2.54. The van der Waals surface area contributed by atoms with Crippen LogP contribution in [0.4, 0.5) is 0 Å². The Labute approximate surface area is 156 Å². The molecule has 3 aliphatic rings. The molecule has 3 heterocycles. The third-order valence-electron chi connectivity index (χ3n) is 5.59. The summed E-state index contributed by atoms with van der Waals surface area (Å²) in [6.07, 6.45) is 0.281. The lowest BCUT2D eigenvalue weighted by Gasteiger charge is -2.27. The van der Waals surface area contributed by atoms with Gasteiger partial charge in [0.1, 0.15) is 6.04 Å². The van der Waals surface area contributed by atoms with E-state index in [1.807, 2.05) is 6.07 Å². The van der Waals surface area contributed by atoms with Gasteiger partial charge in [0.25, 0.3) is 11.8 Å². The van der Waals surface area contributed by atoms with Gasteiger partial charge in [0.05, 0.1) is 11.1 Å². The van der Waals surface area contributed by atoms with Crippen LogP contribution in [0.15, 0.2) is 18.2 Å². The first kappa shape index (κ1) is 17.8. The zero-order valence-corrected chi connectivity index (χ0v) is 15.1. The van der Waals surface area contributed by atoms with Crippen LogP contribution in [0.25, 0.3) is 0 Å². The molecule has 0 bridgehead atoms. The number of carbonyl (C=O) groups is 4. The maximum Gasteiger partial charge on any atom is 0.262 e. The topological polar surface area (TPSA) is 108 Å². The molecule has 2 fully saturated rings. The number of imide groups is 2. The van der Waals surface area contributed by atoms with Gasteiger partial charge in [0.2, 0.25) is 11.8 Å². The third kappa shape index (κ3) is 3.15. The lowest BCUT2D eigenvalue weighted by molar-refractivity contribution is -0.136. The number of amides is 4. The van der Waals surface area contributed by atoms with E-state index in [0.717, 1.165) is 23.6 Å². The number of hydrogen-bond donors (Lipinski definition) is 3. The van der Waals surface area contributed by atoms with Crippen molar-refractivity contribution in [2.24, 2.45) is 5.92 Å². The molecule has 142 valence electrons. The van der Waals surface area contributed by atoms with E-state index in [1.54, 1.807) is 12.1 Å². The smallest absolute Gasteiger partial charge is 0.262 e. The van der Waals surface area contributed by atoms with E-state index in [0.29, 0.717) is 29.6 Å². The maximum atomic E-state index is 12.8. The monoisotopic (exact) mass is 370 g/mol. The van der Waals surface area contributed by atoms with Gasteiger partial charge in [0.15, 0.2) is 0 Å². The van der Waals surface area contributed by atoms with Crippen molar-refractivity contribution in [1.29, 1.82) is 0 Å². The zero-order valence-electron chi connectivity index (χ0n) is 15.1. The van der Waals surface area contributed by atoms with Gasteiger partial charge in [-0.25, -0.2) is 0 Å². The van der Waals surface area contributed by atoms with Crippen molar-refractivity contribution in [3.63, 3.8) is 0 Å². The Hall–Kier alpha value is -2.58. The van der Waals surface area contributed by atoms with Crippen molar-refractivity contribution in [1.82, 2.24) is 20.9 Å². The van der Waals surface area contributed by atoms with Crippen LogP contribution < -0.4 is 16.0 Å². The van der Waals surface area contributed by atoms with Crippen molar-refractivity contribution in [3.05, 3.63) is 34.9 Å². The van der Waals surface area contributed by atoms with Crippen LogP contribution in [0.5, 0.6) is 0 Å². The molecule has 0 spiro atoms. The van der Waals surface area contributed by atoms with Gasteiger partial charge < -0.3 is 10.6 Å². The largest absolute Gasteiger partial charge is 0.315 e. The van der Waals surface area contributed by atoms with Gasteiger partial charge in [-0.2, -0.15) is 0 Å². The Bertz CT molecular complexity index is 837. The summed E-state index contributed by atoms with van der Waals surface area (Å²) in [5.41, 5.74) is 1.55. The highest BCUT2D eigenvalue weighted by atomic mass is 16.2. The molecular weight excluding hydrogens is 348 g/mol. The molecule has 3 N–H and O–H groups in total. The first-order valence-electron chi connectivity index (χ1n) is 9.24. The minimum absolute atomic E-state index is 0.118. The van der Waals surface area contributed by atoms with Crippen LogP contribution >= 0.6 is 0 Å². The molecule has 0 radical (unpaired) electrons. The Morgan fingerprint density at radius 2 is 1.89 bits per heavy atom. The maximum absolute atomic E-state index is 12.8. The highest BCUT2D eigenvalue weighted by Gasteiger charge is 2.44. The van der Waals surface area contributed by atoms with E-state index in [1.165, 1.54) is 0 Å². The lowest BCUT2D eigenvalue weighted by atomic mass is 10.0. The Morgan fingerprint density at radius 3 is 2.59 bits per heavy atom. The first-order chi connectivity index (χ1) is 13.0. The van der Waals surface area contributed by atoms with Crippen LogP contribution in [0.3, 0.4) is 0 Å². The molecule has 1 aromatic rings. The van der Waals surface area contributed by atoms with E-state index in [-0.39, 0.29) is 18.7 Å². The second-order valence-corrected chi connectivity index (χ2v) is 7.45. The van der Waals surface area contributed by atoms with Gasteiger partial charge >= 0.3 is 0 Å². The van der Waals surface area contributed by atoms with Crippen LogP contribution in [-0.2, 0) is 16.1 Å². The van der Waals surface area contributed by atoms with Crippen molar-refractivity contribution >= 4 is 23.6 Å². The number of rotatable bonds is 4. The first-order valence-corrected chi connectivity index (χ1v) is 9.24. The Balaban J connectivity index is 1.51. The predicted molar refractivity (Wildman–Crippen MR) is 95.8 cm³/mol. The van der Waals surface area contributed by atoms with Crippen molar-refractivity contribution in [2.75, 3.05) is 13.1 Å². The molecule has 3 aliphatic heterocycles. The molecule has 0 aliphatic carbocycles. The SMILES string of the molecule is C[C@H]1CNC[C@@H]1NCc1ccc2c(c1)C(=O)N(C1CCC(=O)NC1=O)C2=O. The summed E-state index contributed by atoms with van der Waals surface area (Å²) < 4.78 is 0. The minimum atomic E-state index is -0.929. The second kappa shape index (κ2) is 6.86. The fourth-order valence-electron chi connectivity index (χ4n) is 3.96. The van der Waals surface area contributed by atoms with Crippen LogP contribution in [0, 0.1) is 5.92 Å². The molecule has 2 saturated heterocycles. The number of piperidine rings is 1. The molecule has 1 aromatic carbocycles. The Kier molecular flexibility index (Phi) is 4.53. The minimum Gasteiger partial charge on any atom is -0.315 e. The van der Waals surface area contributed by atoms with Crippen molar-refractivity contribution in [3.8, 4) is 0 Å². The molecule has 0 aromatic heterocycles. The van der Waals surface area contributed by atoms with Gasteiger partial charge in [-0.05, 0) is 36.6 Å². The van der Waals surface area contributed by atoms with Gasteiger partial charge in [-0.1, -0.05) is 13.0 Å². The van der Waals surface area contributed by atoms with E-state index in [9.17, 15) is 19.2 Å².